The largest absolute Gasteiger partial charge is 0.324 e. The molecule has 0 saturated carbocycles. The Labute approximate surface area is 206 Å². The number of carbonyl (C=O) groups excluding carboxylic acids is 2. The second-order valence-electron chi connectivity index (χ2n) is 9.39. The molecule has 2 saturated heterocycles. The van der Waals surface area contributed by atoms with E-state index in [4.69, 9.17) is 0 Å². The molecule has 0 aromatic heterocycles. The number of nitrogens with one attached hydrogen (secondary N) is 1. The number of anilines is 1. The summed E-state index contributed by atoms with van der Waals surface area (Å²) < 4.78 is 0. The van der Waals surface area contributed by atoms with Gasteiger partial charge in [-0.2, -0.15) is 0 Å². The number of benzene rings is 3. The van der Waals surface area contributed by atoms with Gasteiger partial charge in [0.05, 0.1) is 10.8 Å². The molecule has 8 heteroatoms. The van der Waals surface area contributed by atoms with Crippen LogP contribution in [0.15, 0.2) is 72.8 Å². The minimum Gasteiger partial charge on any atom is -0.324 e. The Balaban J connectivity index is 1.60. The van der Waals surface area contributed by atoms with E-state index in [1.807, 2.05) is 43.3 Å². The molecule has 1 spiro atoms. The van der Waals surface area contributed by atoms with Crippen LogP contribution in [0.25, 0.3) is 0 Å². The topological polar surface area (TPSA) is 92.5 Å². The molecule has 7 nitrogen and oxygen atoms in total. The summed E-state index contributed by atoms with van der Waals surface area (Å²) in [5.74, 6) is 0.169. The molecule has 4 atom stereocenters. The van der Waals surface area contributed by atoms with E-state index < -0.39 is 16.4 Å². The molecular weight excluding hydrogens is 462 g/mol. The number of carbonyl (C=O) groups is 2. The Bertz CT molecular complexity index is 1360. The van der Waals surface area contributed by atoms with Crippen molar-refractivity contribution in [2.75, 3.05) is 16.9 Å². The number of rotatable bonds is 4. The third kappa shape index (κ3) is 3.10. The number of ketones is 1. The summed E-state index contributed by atoms with van der Waals surface area (Å²) in [5.41, 5.74) is 2.87. The lowest BCUT2D eigenvalue weighted by Gasteiger charge is -2.36. The van der Waals surface area contributed by atoms with Gasteiger partial charge in [0.1, 0.15) is 5.54 Å². The molecule has 0 radical (unpaired) electrons. The molecule has 176 valence electrons. The van der Waals surface area contributed by atoms with Crippen LogP contribution in [0.3, 0.4) is 0 Å². The van der Waals surface area contributed by atoms with Crippen LogP contribution in [0.1, 0.15) is 33.0 Å². The Morgan fingerprint density at radius 1 is 1.11 bits per heavy atom. The molecule has 3 aromatic rings. The van der Waals surface area contributed by atoms with Gasteiger partial charge < -0.3 is 5.32 Å². The highest BCUT2D eigenvalue weighted by molar-refractivity contribution is 7.99. The van der Waals surface area contributed by atoms with E-state index in [9.17, 15) is 19.7 Å². The predicted octanol–water partition coefficient (Wildman–Crippen LogP) is 4.72. The third-order valence-electron chi connectivity index (χ3n) is 7.61. The molecule has 3 unspecified atom stereocenters. The van der Waals surface area contributed by atoms with Crippen LogP contribution in [0.4, 0.5) is 11.4 Å². The van der Waals surface area contributed by atoms with Crippen molar-refractivity contribution < 1.29 is 14.5 Å². The lowest BCUT2D eigenvalue weighted by atomic mass is 9.69. The highest BCUT2D eigenvalue weighted by atomic mass is 32.2. The van der Waals surface area contributed by atoms with Crippen LogP contribution < -0.4 is 5.32 Å². The van der Waals surface area contributed by atoms with Crippen LogP contribution >= 0.6 is 11.8 Å². The molecule has 0 bridgehead atoms. The first kappa shape index (κ1) is 22.0. The Morgan fingerprint density at radius 2 is 1.86 bits per heavy atom. The van der Waals surface area contributed by atoms with Crippen molar-refractivity contribution in [2.45, 2.75) is 24.4 Å². The fraction of sp³-hybridized carbons (Fsp3) is 0.259. The summed E-state index contributed by atoms with van der Waals surface area (Å²) in [7, 11) is 0. The number of aryl methyl sites for hydroxylation is 1. The minimum atomic E-state index is -1.14. The van der Waals surface area contributed by atoms with Gasteiger partial charge in [-0.3, -0.25) is 24.6 Å². The quantitative estimate of drug-likeness (QED) is 0.327. The first-order valence-electron chi connectivity index (χ1n) is 11.5. The summed E-state index contributed by atoms with van der Waals surface area (Å²) in [4.78, 5) is 41.3. The summed E-state index contributed by atoms with van der Waals surface area (Å²) in [5, 5.41) is 14.3. The van der Waals surface area contributed by atoms with E-state index in [0.717, 1.165) is 28.1 Å². The highest BCUT2D eigenvalue weighted by Crippen LogP contribution is 2.61. The molecule has 3 heterocycles. The maximum absolute atomic E-state index is 14.3. The standard InChI is InChI=1S/C27H23N3O4S/c1-16-7-12-21-20(13-16)27(26(32)28-21)24(25(31)18-5-3-2-4-6-18)23(22-14-35-15-29(22)27)17-8-10-19(11-9-17)30(33)34/h2-13,22-24H,14-15H2,1H3,(H,28,32)/t22?,23?,24?,27-/m1/s1. The van der Waals surface area contributed by atoms with E-state index in [0.29, 0.717) is 11.4 Å². The number of fused-ring (bicyclic) bond motifs is 4. The zero-order valence-electron chi connectivity index (χ0n) is 19.0. The molecule has 6 rings (SSSR count). The van der Waals surface area contributed by atoms with Gasteiger partial charge in [0.25, 0.3) is 5.69 Å². The van der Waals surface area contributed by atoms with E-state index in [-0.39, 0.29) is 29.3 Å². The predicted molar refractivity (Wildman–Crippen MR) is 135 cm³/mol. The normalized spacial score (nSPS) is 27.0. The average Bonchev–Trinajstić information content (AvgIpc) is 3.53. The number of nitro groups is 1. The van der Waals surface area contributed by atoms with Crippen molar-refractivity contribution in [2.24, 2.45) is 5.92 Å². The first-order valence-corrected chi connectivity index (χ1v) is 12.7. The number of nitro benzene ring substituents is 1. The first-order chi connectivity index (χ1) is 16.9. The molecule has 3 aliphatic heterocycles. The fourth-order valence-electron chi connectivity index (χ4n) is 6.16. The molecule has 1 N–H and O–H groups in total. The van der Waals surface area contributed by atoms with Crippen molar-refractivity contribution in [3.8, 4) is 0 Å². The number of hydrogen-bond donors (Lipinski definition) is 1. The number of hydrogen-bond acceptors (Lipinski definition) is 6. The molecule has 2 fully saturated rings. The summed E-state index contributed by atoms with van der Waals surface area (Å²) in [6, 6.07) is 21.4. The van der Waals surface area contributed by atoms with Crippen molar-refractivity contribution >= 4 is 34.8 Å². The van der Waals surface area contributed by atoms with Gasteiger partial charge in [-0.25, -0.2) is 0 Å². The second kappa shape index (κ2) is 8.03. The van der Waals surface area contributed by atoms with E-state index in [2.05, 4.69) is 10.2 Å². The van der Waals surface area contributed by atoms with E-state index in [1.54, 1.807) is 36.0 Å². The van der Waals surface area contributed by atoms with E-state index >= 15 is 0 Å². The lowest BCUT2D eigenvalue weighted by Crippen LogP contribution is -2.52. The summed E-state index contributed by atoms with van der Waals surface area (Å²) >= 11 is 1.75. The van der Waals surface area contributed by atoms with Gasteiger partial charge in [0.2, 0.25) is 5.91 Å². The number of Topliss-reactive ketones (excluding diaryl/α,β-unsaturated/α-hetero) is 1. The monoisotopic (exact) mass is 485 g/mol. The van der Waals surface area contributed by atoms with Gasteiger partial charge in [-0.05, 0) is 18.6 Å². The fourth-order valence-corrected chi connectivity index (χ4v) is 7.49. The molecule has 35 heavy (non-hydrogen) atoms. The van der Waals surface area contributed by atoms with Crippen molar-refractivity contribution in [3.05, 3.63) is 105 Å². The zero-order valence-corrected chi connectivity index (χ0v) is 19.8. The van der Waals surface area contributed by atoms with Crippen LogP contribution in [0, 0.1) is 23.0 Å². The Kier molecular flexibility index (Phi) is 5.05. The van der Waals surface area contributed by atoms with Gasteiger partial charge in [0.15, 0.2) is 5.78 Å². The van der Waals surface area contributed by atoms with Gasteiger partial charge in [-0.1, -0.05) is 60.2 Å². The van der Waals surface area contributed by atoms with Crippen molar-refractivity contribution in [1.82, 2.24) is 4.90 Å². The molecule has 0 aliphatic carbocycles. The summed E-state index contributed by atoms with van der Waals surface area (Å²) in [6.45, 7) is 1.99. The number of thioether (sulfide) groups is 1. The van der Waals surface area contributed by atoms with Crippen molar-refractivity contribution in [3.63, 3.8) is 0 Å². The third-order valence-corrected chi connectivity index (χ3v) is 8.64. The SMILES string of the molecule is Cc1ccc2c(c1)[C@]1(C(=O)N2)C(C(=O)c2ccccc2)C(c2ccc([N+](=O)[O-])cc2)C2CSCN21. The Hall–Kier alpha value is -3.49. The highest BCUT2D eigenvalue weighted by Gasteiger charge is 2.69. The van der Waals surface area contributed by atoms with Gasteiger partial charge in [0, 0.05) is 52.5 Å². The second-order valence-corrected chi connectivity index (χ2v) is 10.4. The average molecular weight is 486 g/mol. The van der Waals surface area contributed by atoms with Crippen LogP contribution in [-0.2, 0) is 10.3 Å². The summed E-state index contributed by atoms with van der Waals surface area (Å²) in [6.07, 6.45) is 0. The smallest absolute Gasteiger partial charge is 0.269 e. The van der Waals surface area contributed by atoms with Gasteiger partial charge >= 0.3 is 0 Å². The van der Waals surface area contributed by atoms with Crippen LogP contribution in [0.2, 0.25) is 0 Å². The zero-order chi connectivity index (χ0) is 24.3. The maximum Gasteiger partial charge on any atom is 0.269 e. The molecule has 3 aromatic carbocycles. The molecule has 3 aliphatic rings. The van der Waals surface area contributed by atoms with Crippen molar-refractivity contribution in [1.29, 1.82) is 0 Å². The minimum absolute atomic E-state index is 0.00429. The number of amides is 1. The van der Waals surface area contributed by atoms with Gasteiger partial charge in [-0.15, -0.1) is 11.8 Å². The number of nitrogens with zero attached hydrogens (tertiary/aromatic N) is 2. The number of non-ortho nitro benzene ring substituents is 1. The molecular formula is C27H23N3O4S. The van der Waals surface area contributed by atoms with Crippen LogP contribution in [0.5, 0.6) is 0 Å². The maximum atomic E-state index is 14.3. The molecule has 1 amide bonds. The lowest BCUT2D eigenvalue weighted by molar-refractivity contribution is -0.384. The Morgan fingerprint density at radius 3 is 2.57 bits per heavy atom. The van der Waals surface area contributed by atoms with E-state index in [1.165, 1.54) is 12.1 Å². The van der Waals surface area contributed by atoms with Crippen LogP contribution in [-0.4, -0.2) is 39.2 Å².